The minimum absolute atomic E-state index is 0.237. The van der Waals surface area contributed by atoms with Gasteiger partial charge in [0, 0.05) is 11.3 Å². The lowest BCUT2D eigenvalue weighted by molar-refractivity contribution is 1.20. The molecule has 3 nitrogen and oxygen atoms in total. The van der Waals surface area contributed by atoms with Crippen LogP contribution in [0.1, 0.15) is 5.69 Å². The Balaban J connectivity index is 2.28. The summed E-state index contributed by atoms with van der Waals surface area (Å²) in [6.07, 6.45) is 0. The van der Waals surface area contributed by atoms with Gasteiger partial charge in [0.15, 0.2) is 0 Å². The zero-order valence-corrected chi connectivity index (χ0v) is 10.9. The van der Waals surface area contributed by atoms with Crippen molar-refractivity contribution in [3.63, 3.8) is 0 Å². The molecule has 0 atom stereocenters. The van der Waals surface area contributed by atoms with Gasteiger partial charge in [-0.25, -0.2) is 4.99 Å². The molecular formula is C14H14ClN3. The monoisotopic (exact) mass is 259 g/mol. The fraction of sp³-hybridized carbons (Fsp3) is 0.143. The van der Waals surface area contributed by atoms with Crippen molar-refractivity contribution in [1.82, 2.24) is 4.98 Å². The molecule has 2 N–H and O–H groups in total. The van der Waals surface area contributed by atoms with Crippen LogP contribution in [-0.4, -0.2) is 16.7 Å². The van der Waals surface area contributed by atoms with Crippen molar-refractivity contribution in [2.24, 2.45) is 10.7 Å². The van der Waals surface area contributed by atoms with Gasteiger partial charge in [-0.15, -0.1) is 11.6 Å². The third-order valence-corrected chi connectivity index (χ3v) is 2.73. The summed E-state index contributed by atoms with van der Waals surface area (Å²) in [5.41, 5.74) is 9.39. The maximum absolute atomic E-state index is 5.58. The van der Waals surface area contributed by atoms with Crippen LogP contribution in [0.2, 0.25) is 0 Å². The van der Waals surface area contributed by atoms with E-state index in [9.17, 15) is 0 Å². The largest absolute Gasteiger partial charge is 0.386 e. The number of nitrogens with two attached hydrogens (primary N) is 1. The molecule has 2 rings (SSSR count). The second kappa shape index (κ2) is 5.65. The van der Waals surface area contributed by atoms with E-state index in [0.29, 0.717) is 5.84 Å². The number of amidine groups is 1. The number of hydrogen-bond donors (Lipinski definition) is 1. The van der Waals surface area contributed by atoms with Crippen molar-refractivity contribution in [2.75, 3.05) is 5.88 Å². The normalized spacial score (nSPS) is 11.6. The van der Waals surface area contributed by atoms with Crippen LogP contribution in [0.25, 0.3) is 11.3 Å². The number of aromatic nitrogens is 1. The molecule has 0 aliphatic heterocycles. The molecule has 1 heterocycles. The van der Waals surface area contributed by atoms with Crippen molar-refractivity contribution in [1.29, 1.82) is 0 Å². The number of rotatable bonds is 3. The van der Waals surface area contributed by atoms with E-state index in [1.165, 1.54) is 0 Å². The van der Waals surface area contributed by atoms with Gasteiger partial charge in [0.05, 0.1) is 17.3 Å². The zero-order chi connectivity index (χ0) is 13.0. The Morgan fingerprint density at radius 2 is 1.94 bits per heavy atom. The molecule has 1 aromatic heterocycles. The topological polar surface area (TPSA) is 51.3 Å². The average molecular weight is 260 g/mol. The third-order valence-electron chi connectivity index (χ3n) is 2.46. The fourth-order valence-electron chi connectivity index (χ4n) is 1.61. The predicted octanol–water partition coefficient (Wildman–Crippen LogP) is 3.28. The minimum atomic E-state index is 0.237. The maximum atomic E-state index is 5.58. The van der Waals surface area contributed by atoms with Gasteiger partial charge < -0.3 is 5.73 Å². The van der Waals surface area contributed by atoms with Gasteiger partial charge in [0.1, 0.15) is 5.84 Å². The quantitative estimate of drug-likeness (QED) is 0.522. The fourth-order valence-corrected chi connectivity index (χ4v) is 1.67. The molecule has 1 aromatic carbocycles. The van der Waals surface area contributed by atoms with Crippen molar-refractivity contribution in [3.05, 3.63) is 48.2 Å². The van der Waals surface area contributed by atoms with E-state index in [-0.39, 0.29) is 5.88 Å². The summed E-state index contributed by atoms with van der Waals surface area (Å²) in [5, 5.41) is 0. The first-order valence-electron chi connectivity index (χ1n) is 5.62. The van der Waals surface area contributed by atoms with Crippen LogP contribution in [0.15, 0.2) is 47.5 Å². The molecule has 0 aliphatic rings. The van der Waals surface area contributed by atoms with Gasteiger partial charge in [0.25, 0.3) is 0 Å². The van der Waals surface area contributed by atoms with Gasteiger partial charge >= 0.3 is 0 Å². The summed E-state index contributed by atoms with van der Waals surface area (Å²) in [7, 11) is 0. The van der Waals surface area contributed by atoms with Gasteiger partial charge in [-0.2, -0.15) is 0 Å². The number of alkyl halides is 1. The van der Waals surface area contributed by atoms with E-state index in [4.69, 9.17) is 17.3 Å². The highest BCUT2D eigenvalue weighted by atomic mass is 35.5. The van der Waals surface area contributed by atoms with Gasteiger partial charge in [-0.3, -0.25) is 4.98 Å². The third kappa shape index (κ3) is 3.08. The molecule has 0 saturated carbocycles. The molecule has 0 aliphatic carbocycles. The number of aryl methyl sites for hydroxylation is 1. The Morgan fingerprint density at radius 3 is 2.56 bits per heavy atom. The van der Waals surface area contributed by atoms with Gasteiger partial charge in [-0.1, -0.05) is 18.2 Å². The van der Waals surface area contributed by atoms with Crippen LogP contribution in [0.3, 0.4) is 0 Å². The molecule has 0 fully saturated rings. The molecule has 4 heteroatoms. The van der Waals surface area contributed by atoms with Crippen LogP contribution in [0, 0.1) is 6.92 Å². The smallest absolute Gasteiger partial charge is 0.115 e. The molecule has 0 bridgehead atoms. The van der Waals surface area contributed by atoms with E-state index in [0.717, 1.165) is 22.6 Å². The molecule has 0 amide bonds. The molecule has 2 aromatic rings. The van der Waals surface area contributed by atoms with Crippen molar-refractivity contribution < 1.29 is 0 Å². The molecular weight excluding hydrogens is 246 g/mol. The average Bonchev–Trinajstić information content (AvgIpc) is 2.39. The lowest BCUT2D eigenvalue weighted by atomic mass is 10.1. The van der Waals surface area contributed by atoms with E-state index >= 15 is 0 Å². The summed E-state index contributed by atoms with van der Waals surface area (Å²) in [5.74, 6) is 0.652. The molecule has 0 saturated heterocycles. The van der Waals surface area contributed by atoms with Gasteiger partial charge in [0.2, 0.25) is 0 Å². The van der Waals surface area contributed by atoms with Crippen LogP contribution < -0.4 is 5.73 Å². The van der Waals surface area contributed by atoms with E-state index in [1.807, 2.05) is 49.4 Å². The summed E-state index contributed by atoms with van der Waals surface area (Å²) in [6, 6.07) is 13.7. The van der Waals surface area contributed by atoms with Crippen LogP contribution in [0.4, 0.5) is 5.69 Å². The molecule has 0 unspecified atom stereocenters. The zero-order valence-electron chi connectivity index (χ0n) is 10.1. The summed E-state index contributed by atoms with van der Waals surface area (Å²) >= 11 is 5.58. The highest BCUT2D eigenvalue weighted by Gasteiger charge is 1.99. The molecule has 0 radical (unpaired) electrons. The Bertz CT molecular complexity index is 562. The Kier molecular flexibility index (Phi) is 3.95. The molecule has 18 heavy (non-hydrogen) atoms. The van der Waals surface area contributed by atoms with Crippen molar-refractivity contribution in [3.8, 4) is 11.3 Å². The van der Waals surface area contributed by atoms with E-state index in [1.54, 1.807) is 0 Å². The first-order chi connectivity index (χ1) is 8.69. The highest BCUT2D eigenvalue weighted by molar-refractivity contribution is 6.28. The second-order valence-corrected chi connectivity index (χ2v) is 4.22. The van der Waals surface area contributed by atoms with Crippen LogP contribution in [-0.2, 0) is 0 Å². The maximum Gasteiger partial charge on any atom is 0.115 e. The highest BCUT2D eigenvalue weighted by Crippen LogP contribution is 2.21. The number of benzene rings is 1. The molecule has 92 valence electrons. The van der Waals surface area contributed by atoms with Crippen LogP contribution in [0.5, 0.6) is 0 Å². The standard InChI is InChI=1S/C14H14ClN3/c1-10-3-2-4-13(17-10)11-5-7-12(8-6-11)18-14(16)9-15/h2-8H,9H2,1H3,(H2,16,18). The van der Waals surface area contributed by atoms with Crippen LogP contribution >= 0.6 is 11.6 Å². The number of pyridine rings is 1. The van der Waals surface area contributed by atoms with Gasteiger partial charge in [-0.05, 0) is 31.2 Å². The summed E-state index contributed by atoms with van der Waals surface area (Å²) < 4.78 is 0. The first kappa shape index (κ1) is 12.6. The minimum Gasteiger partial charge on any atom is -0.386 e. The van der Waals surface area contributed by atoms with Crippen molar-refractivity contribution >= 4 is 23.1 Å². The van der Waals surface area contributed by atoms with E-state index < -0.39 is 0 Å². The van der Waals surface area contributed by atoms with Crippen molar-refractivity contribution in [2.45, 2.75) is 6.92 Å². The lowest BCUT2D eigenvalue weighted by Gasteiger charge is -2.02. The first-order valence-corrected chi connectivity index (χ1v) is 6.15. The number of aliphatic imine (C=N–C) groups is 1. The Hall–Kier alpha value is -1.87. The lowest BCUT2D eigenvalue weighted by Crippen LogP contribution is -2.12. The number of nitrogens with zero attached hydrogens (tertiary/aromatic N) is 2. The molecule has 0 spiro atoms. The Labute approximate surface area is 111 Å². The number of halogens is 1. The predicted molar refractivity (Wildman–Crippen MR) is 76.4 cm³/mol. The summed E-state index contributed by atoms with van der Waals surface area (Å²) in [4.78, 5) is 8.64. The SMILES string of the molecule is Cc1cccc(-c2ccc(N=C(N)CCl)cc2)n1. The summed E-state index contributed by atoms with van der Waals surface area (Å²) in [6.45, 7) is 1.98. The Morgan fingerprint density at radius 1 is 1.22 bits per heavy atom. The second-order valence-electron chi connectivity index (χ2n) is 3.95. The van der Waals surface area contributed by atoms with E-state index in [2.05, 4.69) is 9.98 Å². The number of hydrogen-bond acceptors (Lipinski definition) is 2.